The summed E-state index contributed by atoms with van der Waals surface area (Å²) in [4.78, 5) is 16.3. The van der Waals surface area contributed by atoms with Crippen molar-refractivity contribution < 1.29 is 13.2 Å². The standard InChI is InChI=1S/C17H24N4O3S2/c1-3-10-26(23,24)21-15-7-4-6-14(11-15)20-17(22)18-9-5-8-16-19-13(2)12-25-16/h4,6-7,11-12,21H,3,5,8-10H2,1-2H3,(H2,18,20,22). The highest BCUT2D eigenvalue weighted by Crippen LogP contribution is 2.16. The van der Waals surface area contributed by atoms with E-state index < -0.39 is 10.0 Å². The molecule has 1 heterocycles. The lowest BCUT2D eigenvalue weighted by atomic mass is 10.3. The molecule has 0 aliphatic carbocycles. The molecule has 2 amide bonds. The predicted molar refractivity (Wildman–Crippen MR) is 106 cm³/mol. The quantitative estimate of drug-likeness (QED) is 0.566. The number of carbonyl (C=O) groups excluding carboxylic acids is 1. The Morgan fingerprint density at radius 3 is 2.73 bits per heavy atom. The van der Waals surface area contributed by atoms with Gasteiger partial charge in [0.25, 0.3) is 0 Å². The van der Waals surface area contributed by atoms with Crippen LogP contribution >= 0.6 is 11.3 Å². The summed E-state index contributed by atoms with van der Waals surface area (Å²) in [6.07, 6.45) is 2.17. The van der Waals surface area contributed by atoms with E-state index in [4.69, 9.17) is 0 Å². The van der Waals surface area contributed by atoms with Crippen LogP contribution in [0.15, 0.2) is 29.6 Å². The third-order valence-corrected chi connectivity index (χ3v) is 5.91. The van der Waals surface area contributed by atoms with Crippen molar-refractivity contribution in [3.63, 3.8) is 0 Å². The summed E-state index contributed by atoms with van der Waals surface area (Å²) < 4.78 is 26.1. The number of hydrogen-bond acceptors (Lipinski definition) is 5. The van der Waals surface area contributed by atoms with Crippen LogP contribution in [0.2, 0.25) is 0 Å². The second-order valence-corrected chi connectivity index (χ2v) is 8.65. The SMILES string of the molecule is CCCS(=O)(=O)Nc1cccc(NC(=O)NCCCc2nc(C)cs2)c1. The zero-order valence-electron chi connectivity index (χ0n) is 14.9. The minimum Gasteiger partial charge on any atom is -0.338 e. The summed E-state index contributed by atoms with van der Waals surface area (Å²) in [5.74, 6) is 0.0593. The number of nitrogens with one attached hydrogen (secondary N) is 3. The molecular formula is C17H24N4O3S2. The average molecular weight is 397 g/mol. The maximum atomic E-state index is 12.0. The van der Waals surface area contributed by atoms with Crippen LogP contribution in [0.5, 0.6) is 0 Å². The Morgan fingerprint density at radius 1 is 1.27 bits per heavy atom. The number of sulfonamides is 1. The first-order valence-electron chi connectivity index (χ1n) is 8.44. The minimum absolute atomic E-state index is 0.0593. The number of anilines is 2. The first-order valence-corrected chi connectivity index (χ1v) is 11.0. The summed E-state index contributed by atoms with van der Waals surface area (Å²) >= 11 is 1.62. The second kappa shape index (κ2) is 9.54. The van der Waals surface area contributed by atoms with Crippen LogP contribution in [0.3, 0.4) is 0 Å². The molecule has 0 saturated heterocycles. The van der Waals surface area contributed by atoms with Crippen LogP contribution in [-0.4, -0.2) is 31.7 Å². The highest BCUT2D eigenvalue weighted by Gasteiger charge is 2.09. The maximum absolute atomic E-state index is 12.0. The van der Waals surface area contributed by atoms with Crippen molar-refractivity contribution in [2.75, 3.05) is 22.3 Å². The van der Waals surface area contributed by atoms with Gasteiger partial charge in [0.2, 0.25) is 10.0 Å². The number of rotatable bonds is 9. The Hall–Kier alpha value is -2.13. The molecule has 0 radical (unpaired) electrons. The van der Waals surface area contributed by atoms with Crippen molar-refractivity contribution in [3.8, 4) is 0 Å². The summed E-state index contributed by atoms with van der Waals surface area (Å²) in [7, 11) is -3.36. The molecule has 1 aromatic heterocycles. The van der Waals surface area contributed by atoms with Crippen molar-refractivity contribution in [3.05, 3.63) is 40.3 Å². The van der Waals surface area contributed by atoms with Crippen molar-refractivity contribution >= 4 is 38.8 Å². The van der Waals surface area contributed by atoms with Crippen molar-refractivity contribution in [1.29, 1.82) is 0 Å². The summed E-state index contributed by atoms with van der Waals surface area (Å²) in [5.41, 5.74) is 1.97. The Kier molecular flexibility index (Phi) is 7.40. The average Bonchev–Trinajstić information content (AvgIpc) is 2.97. The van der Waals surface area contributed by atoms with Crippen LogP contribution in [0, 0.1) is 6.92 Å². The zero-order chi connectivity index (χ0) is 19.0. The fraction of sp³-hybridized carbons (Fsp3) is 0.412. The van der Waals surface area contributed by atoms with Gasteiger partial charge in [-0.05, 0) is 38.0 Å². The normalized spacial score (nSPS) is 11.2. The van der Waals surface area contributed by atoms with Crippen molar-refractivity contribution in [2.45, 2.75) is 33.1 Å². The largest absolute Gasteiger partial charge is 0.338 e. The lowest BCUT2D eigenvalue weighted by molar-refractivity contribution is 0.252. The molecule has 9 heteroatoms. The second-order valence-electron chi connectivity index (χ2n) is 5.87. The van der Waals surface area contributed by atoms with E-state index in [2.05, 4.69) is 20.3 Å². The van der Waals surface area contributed by atoms with Gasteiger partial charge in [-0.25, -0.2) is 18.2 Å². The van der Waals surface area contributed by atoms with E-state index in [0.29, 0.717) is 24.3 Å². The van der Waals surface area contributed by atoms with Gasteiger partial charge < -0.3 is 10.6 Å². The van der Waals surface area contributed by atoms with Crippen molar-refractivity contribution in [1.82, 2.24) is 10.3 Å². The first kappa shape index (κ1) is 20.2. The van der Waals surface area contributed by atoms with E-state index in [9.17, 15) is 13.2 Å². The molecule has 0 spiro atoms. The zero-order valence-corrected chi connectivity index (χ0v) is 16.5. The van der Waals surface area contributed by atoms with Crippen LogP contribution in [0.4, 0.5) is 16.2 Å². The molecule has 26 heavy (non-hydrogen) atoms. The fourth-order valence-electron chi connectivity index (χ4n) is 2.29. The Balaban J connectivity index is 1.78. The molecule has 0 saturated carbocycles. The van der Waals surface area contributed by atoms with E-state index in [1.807, 2.05) is 12.3 Å². The van der Waals surface area contributed by atoms with Gasteiger partial charge in [0, 0.05) is 29.7 Å². The number of hydrogen-bond donors (Lipinski definition) is 3. The number of aromatic nitrogens is 1. The van der Waals surface area contributed by atoms with E-state index in [1.54, 1.807) is 42.5 Å². The topological polar surface area (TPSA) is 100 Å². The van der Waals surface area contributed by atoms with E-state index >= 15 is 0 Å². The lowest BCUT2D eigenvalue weighted by Crippen LogP contribution is -2.29. The van der Waals surface area contributed by atoms with Gasteiger partial charge in [-0.15, -0.1) is 11.3 Å². The molecule has 1 aromatic carbocycles. The molecule has 2 rings (SSSR count). The molecule has 0 aliphatic heterocycles. The maximum Gasteiger partial charge on any atom is 0.319 e. The molecule has 0 atom stereocenters. The molecule has 0 bridgehead atoms. The number of nitrogens with zero attached hydrogens (tertiary/aromatic N) is 1. The number of thiazole rings is 1. The number of amides is 2. The molecule has 0 fully saturated rings. The number of urea groups is 1. The van der Waals surface area contributed by atoms with Crippen LogP contribution in [0.1, 0.15) is 30.5 Å². The molecule has 0 unspecified atom stereocenters. The van der Waals surface area contributed by atoms with Crippen LogP contribution in [0.25, 0.3) is 0 Å². The van der Waals surface area contributed by atoms with E-state index in [-0.39, 0.29) is 11.8 Å². The minimum atomic E-state index is -3.36. The molecule has 142 valence electrons. The van der Waals surface area contributed by atoms with Crippen molar-refractivity contribution in [2.24, 2.45) is 0 Å². The van der Waals surface area contributed by atoms with Gasteiger partial charge in [-0.1, -0.05) is 13.0 Å². The number of benzene rings is 1. The van der Waals surface area contributed by atoms with Crippen LogP contribution < -0.4 is 15.4 Å². The highest BCUT2D eigenvalue weighted by molar-refractivity contribution is 7.92. The third kappa shape index (κ3) is 7.01. The van der Waals surface area contributed by atoms with Gasteiger partial charge in [-0.3, -0.25) is 4.72 Å². The summed E-state index contributed by atoms with van der Waals surface area (Å²) in [6.45, 7) is 4.30. The van der Waals surface area contributed by atoms with E-state index in [0.717, 1.165) is 23.5 Å². The highest BCUT2D eigenvalue weighted by atomic mass is 32.2. The number of carbonyl (C=O) groups is 1. The van der Waals surface area contributed by atoms with Gasteiger partial charge in [0.05, 0.1) is 16.4 Å². The smallest absolute Gasteiger partial charge is 0.319 e. The van der Waals surface area contributed by atoms with Gasteiger partial charge in [-0.2, -0.15) is 0 Å². The summed E-state index contributed by atoms with van der Waals surface area (Å²) in [5, 5.41) is 8.57. The third-order valence-electron chi connectivity index (χ3n) is 3.39. The van der Waals surface area contributed by atoms with Crippen LogP contribution in [-0.2, 0) is 16.4 Å². The summed E-state index contributed by atoms with van der Waals surface area (Å²) in [6, 6.07) is 6.30. The monoisotopic (exact) mass is 396 g/mol. The molecule has 0 aliphatic rings. The van der Waals surface area contributed by atoms with Gasteiger partial charge in [0.1, 0.15) is 0 Å². The van der Waals surface area contributed by atoms with Gasteiger partial charge >= 0.3 is 6.03 Å². The first-order chi connectivity index (χ1) is 12.4. The molecular weight excluding hydrogens is 372 g/mol. The predicted octanol–water partition coefficient (Wildman–Crippen LogP) is 3.36. The van der Waals surface area contributed by atoms with E-state index in [1.165, 1.54) is 0 Å². The Labute approximate surface area is 158 Å². The Morgan fingerprint density at radius 2 is 2.04 bits per heavy atom. The lowest BCUT2D eigenvalue weighted by Gasteiger charge is -2.10. The fourth-order valence-corrected chi connectivity index (χ4v) is 4.24. The molecule has 3 N–H and O–H groups in total. The molecule has 7 nitrogen and oxygen atoms in total. The van der Waals surface area contributed by atoms with Gasteiger partial charge in [0.15, 0.2) is 0 Å². The Bertz CT molecular complexity index is 834. The number of aryl methyl sites for hydroxylation is 2. The molecule has 2 aromatic rings.